The van der Waals surface area contributed by atoms with Crippen molar-refractivity contribution in [2.45, 2.75) is 19.4 Å². The number of hydrogen-bond donors (Lipinski definition) is 5. The minimum atomic E-state index is 0.0128. The van der Waals surface area contributed by atoms with E-state index in [1.165, 1.54) is 0 Å². The number of phenolic OH excluding ortho intramolecular Hbond substituents is 1. The van der Waals surface area contributed by atoms with Crippen LogP contribution in [-0.4, -0.2) is 52.8 Å². The molecule has 2 aromatic heterocycles. The van der Waals surface area contributed by atoms with Crippen LogP contribution in [0.1, 0.15) is 35.3 Å². The molecule has 3 aromatic rings. The zero-order chi connectivity index (χ0) is 24.1. The summed E-state index contributed by atoms with van der Waals surface area (Å²) in [6.45, 7) is 7.30. The minimum absolute atomic E-state index is 0.0128. The van der Waals surface area contributed by atoms with Gasteiger partial charge in [-0.15, -0.1) is 0 Å². The van der Waals surface area contributed by atoms with E-state index in [4.69, 9.17) is 21.4 Å². The van der Waals surface area contributed by atoms with Crippen LogP contribution in [-0.2, 0) is 6.42 Å². The Morgan fingerprint density at radius 1 is 1.14 bits per heavy atom. The second-order valence-electron chi connectivity index (χ2n) is 9.91. The Hall–Kier alpha value is -3.72. The molecule has 7 N–H and O–H groups in total. The number of benzene rings is 1. The van der Waals surface area contributed by atoms with Crippen LogP contribution in [0.15, 0.2) is 36.7 Å². The number of nitrogen functional groups attached to an aromatic ring is 1. The molecule has 0 spiro atoms. The molecule has 0 amide bonds. The largest absolute Gasteiger partial charge is 0.507 e. The maximum Gasteiger partial charge on any atom is 0.225 e. The third kappa shape index (κ3) is 3.76. The molecule has 6 rings (SSSR count). The number of anilines is 3. The number of phenols is 1. The minimum Gasteiger partial charge on any atom is -0.507 e. The molecule has 0 saturated carbocycles. The van der Waals surface area contributed by atoms with E-state index in [9.17, 15) is 5.11 Å². The number of hydrogen-bond acceptors (Lipinski definition) is 8. The van der Waals surface area contributed by atoms with Crippen molar-refractivity contribution in [2.24, 2.45) is 17.6 Å². The molecule has 182 valence electrons. The van der Waals surface area contributed by atoms with Crippen LogP contribution in [0.3, 0.4) is 0 Å². The summed E-state index contributed by atoms with van der Waals surface area (Å²) in [7, 11) is 0. The van der Waals surface area contributed by atoms with Gasteiger partial charge in [0.2, 0.25) is 5.95 Å². The maximum absolute atomic E-state index is 10.2. The molecule has 9 nitrogen and oxygen atoms in total. The molecule has 0 aliphatic carbocycles. The first-order valence-electron chi connectivity index (χ1n) is 12.3. The van der Waals surface area contributed by atoms with Gasteiger partial charge in [0.15, 0.2) is 0 Å². The molecule has 2 fully saturated rings. The van der Waals surface area contributed by atoms with Gasteiger partial charge in [0.05, 0.1) is 24.1 Å². The van der Waals surface area contributed by atoms with Crippen molar-refractivity contribution >= 4 is 29.2 Å². The fourth-order valence-electron chi connectivity index (χ4n) is 5.93. The van der Waals surface area contributed by atoms with Crippen LogP contribution < -0.4 is 26.6 Å². The lowest BCUT2D eigenvalue weighted by Gasteiger charge is -2.34. The third-order valence-electron chi connectivity index (χ3n) is 7.83. The molecule has 1 aromatic carbocycles. The summed E-state index contributed by atoms with van der Waals surface area (Å²) in [5, 5.41) is 13.7. The van der Waals surface area contributed by atoms with Crippen molar-refractivity contribution in [3.63, 3.8) is 0 Å². The van der Waals surface area contributed by atoms with Crippen LogP contribution >= 0.6 is 0 Å². The van der Waals surface area contributed by atoms with Crippen molar-refractivity contribution in [1.29, 1.82) is 0 Å². The van der Waals surface area contributed by atoms with Crippen LogP contribution in [0.4, 0.5) is 17.5 Å². The molecule has 3 aliphatic rings. The van der Waals surface area contributed by atoms with E-state index in [-0.39, 0.29) is 11.8 Å². The smallest absolute Gasteiger partial charge is 0.225 e. The van der Waals surface area contributed by atoms with E-state index < -0.39 is 0 Å². The topological polar surface area (TPSA) is 132 Å². The Bertz CT molecular complexity index is 1250. The highest BCUT2D eigenvalue weighted by Crippen LogP contribution is 2.39. The first-order valence-corrected chi connectivity index (χ1v) is 12.3. The van der Waals surface area contributed by atoms with Crippen LogP contribution in [0.5, 0.6) is 5.75 Å². The second kappa shape index (κ2) is 8.49. The molecule has 9 heteroatoms. The summed E-state index contributed by atoms with van der Waals surface area (Å²) in [5.74, 6) is 2.89. The second-order valence-corrected chi connectivity index (χ2v) is 9.91. The summed E-state index contributed by atoms with van der Waals surface area (Å²) >= 11 is 0. The number of para-hydroxylation sites is 1. The number of nitrogens with two attached hydrogens (primary N) is 2. The lowest BCUT2D eigenvalue weighted by Crippen LogP contribution is -2.35. The highest BCUT2D eigenvalue weighted by atomic mass is 16.3. The van der Waals surface area contributed by atoms with Gasteiger partial charge in [-0.2, -0.15) is 0 Å². The van der Waals surface area contributed by atoms with E-state index in [1.807, 2.05) is 24.5 Å². The lowest BCUT2D eigenvalue weighted by molar-refractivity contribution is 0.473. The quantitative estimate of drug-likeness (QED) is 0.391. The predicted octanol–water partition coefficient (Wildman–Crippen LogP) is 2.33. The summed E-state index contributed by atoms with van der Waals surface area (Å²) in [6, 6.07) is 7.06. The van der Waals surface area contributed by atoms with Crippen LogP contribution in [0.2, 0.25) is 0 Å². The Kier molecular flexibility index (Phi) is 5.29. The Labute approximate surface area is 204 Å². The Balaban J connectivity index is 1.26. The number of nitrogens with one attached hydrogen (secondary N) is 2. The average Bonchev–Trinajstić information content (AvgIpc) is 3.54. The van der Waals surface area contributed by atoms with Crippen molar-refractivity contribution in [3.05, 3.63) is 59.0 Å². The van der Waals surface area contributed by atoms with E-state index in [0.29, 0.717) is 17.1 Å². The zero-order valence-corrected chi connectivity index (χ0v) is 19.9. The molecule has 2 saturated heterocycles. The van der Waals surface area contributed by atoms with Gasteiger partial charge in [0.1, 0.15) is 11.6 Å². The van der Waals surface area contributed by atoms with Gasteiger partial charge in [-0.05, 0) is 37.0 Å². The molecule has 5 heterocycles. The van der Waals surface area contributed by atoms with Crippen LogP contribution in [0.25, 0.3) is 11.8 Å². The molecular weight excluding hydrogens is 440 g/mol. The van der Waals surface area contributed by atoms with Gasteiger partial charge < -0.3 is 36.7 Å². The summed E-state index contributed by atoms with van der Waals surface area (Å²) in [5.41, 5.74) is 18.0. The number of aromatic nitrogens is 3. The van der Waals surface area contributed by atoms with E-state index in [0.717, 1.165) is 79.4 Å². The van der Waals surface area contributed by atoms with Crippen molar-refractivity contribution in [3.8, 4) is 5.75 Å². The highest BCUT2D eigenvalue weighted by molar-refractivity contribution is 5.86. The fraction of sp³-hybridized carbons (Fsp3) is 0.385. The lowest BCUT2D eigenvalue weighted by atomic mass is 9.95. The summed E-state index contributed by atoms with van der Waals surface area (Å²) < 4.78 is 0. The standard InChI is InChI=1S/C26H32N8O/c1-15-24-20(8-21(27)19-4-2-3-5-23(19)35)25(28)32-22(24)6-7-34(15)26-30-11-18(12-31-26)33-13-16-9-29-10-17(16)14-33/h2-5,8,11-12,15-17,29,32,35H,6-7,9-10,13-14,27-28H2,1H3/b21-8-. The average molecular weight is 473 g/mol. The highest BCUT2D eigenvalue weighted by Gasteiger charge is 2.36. The normalized spacial score (nSPS) is 24.0. The fourth-order valence-corrected chi connectivity index (χ4v) is 5.93. The third-order valence-corrected chi connectivity index (χ3v) is 7.83. The number of fused-ring (bicyclic) bond motifs is 2. The first-order chi connectivity index (χ1) is 17.0. The van der Waals surface area contributed by atoms with E-state index in [2.05, 4.69) is 27.0 Å². The van der Waals surface area contributed by atoms with Gasteiger partial charge in [0.25, 0.3) is 0 Å². The number of nitrogens with zero attached hydrogens (tertiary/aromatic N) is 4. The maximum atomic E-state index is 10.2. The molecule has 0 bridgehead atoms. The predicted molar refractivity (Wildman–Crippen MR) is 139 cm³/mol. The number of H-pyrrole nitrogens is 1. The molecule has 35 heavy (non-hydrogen) atoms. The first kappa shape index (κ1) is 21.8. The summed E-state index contributed by atoms with van der Waals surface area (Å²) in [6.07, 6.45) is 6.58. The van der Waals surface area contributed by atoms with Gasteiger partial charge in [-0.1, -0.05) is 12.1 Å². The van der Waals surface area contributed by atoms with Crippen molar-refractivity contribution < 1.29 is 5.11 Å². The van der Waals surface area contributed by atoms with Crippen LogP contribution in [0, 0.1) is 11.8 Å². The van der Waals surface area contributed by atoms with Crippen molar-refractivity contribution in [2.75, 3.05) is 48.3 Å². The van der Waals surface area contributed by atoms with E-state index >= 15 is 0 Å². The summed E-state index contributed by atoms with van der Waals surface area (Å²) in [4.78, 5) is 17.5. The Morgan fingerprint density at radius 3 is 2.57 bits per heavy atom. The molecular formula is C26H32N8O. The van der Waals surface area contributed by atoms with Gasteiger partial charge >= 0.3 is 0 Å². The molecule has 3 aliphatic heterocycles. The number of aromatic hydroxyl groups is 1. The SMILES string of the molecule is CC1c2c([nH]c(N)c2/C=C(\N)c2ccccc2O)CCN1c1ncc(N2CC3CNCC3C2)cn1. The van der Waals surface area contributed by atoms with Gasteiger partial charge in [0, 0.05) is 67.2 Å². The van der Waals surface area contributed by atoms with Crippen molar-refractivity contribution in [1.82, 2.24) is 20.3 Å². The van der Waals surface area contributed by atoms with Gasteiger partial charge in [-0.25, -0.2) is 9.97 Å². The van der Waals surface area contributed by atoms with Gasteiger partial charge in [-0.3, -0.25) is 0 Å². The molecule has 3 unspecified atom stereocenters. The molecule has 3 atom stereocenters. The number of rotatable bonds is 4. The monoisotopic (exact) mass is 472 g/mol. The van der Waals surface area contributed by atoms with E-state index in [1.54, 1.807) is 18.2 Å². The number of aromatic amines is 1. The zero-order valence-electron chi connectivity index (χ0n) is 19.9. The Morgan fingerprint density at radius 2 is 1.86 bits per heavy atom. The molecule has 0 radical (unpaired) electrons.